The number of hydrogen-bond donors (Lipinski definition) is 1. The maximum atomic E-state index is 12.7. The molecular weight excluding hydrogens is 580 g/mol. The van der Waals surface area contributed by atoms with E-state index in [9.17, 15) is 14.4 Å². The standard InChI is InChI=1S/C32H34N6O7/c1-20-29(35-28(41)18-34-38-33)32(44-27(19-42-21(2)39)30(20)43-22(3)40)45-31(23-10-6-4-7-11-23)24-14-16-26(17-15-24)37-36-25-12-8-5-9-13-25/h4-17,20,27,29-32H,18-19H2,1-3H3,(H,35,41). The van der Waals surface area contributed by atoms with E-state index in [4.69, 9.17) is 24.5 Å². The second-order valence-electron chi connectivity index (χ2n) is 10.3. The summed E-state index contributed by atoms with van der Waals surface area (Å²) in [6, 6.07) is 25.3. The normalized spacial score (nSPS) is 21.7. The van der Waals surface area contributed by atoms with Crippen molar-refractivity contribution in [2.24, 2.45) is 21.3 Å². The lowest BCUT2D eigenvalue weighted by Crippen LogP contribution is -2.62. The lowest BCUT2D eigenvalue weighted by molar-refractivity contribution is -0.271. The van der Waals surface area contributed by atoms with Crippen LogP contribution in [0.3, 0.4) is 0 Å². The summed E-state index contributed by atoms with van der Waals surface area (Å²) in [5.74, 6) is -2.26. The Morgan fingerprint density at radius 3 is 2.09 bits per heavy atom. The first-order chi connectivity index (χ1) is 21.7. The van der Waals surface area contributed by atoms with E-state index in [1.165, 1.54) is 13.8 Å². The van der Waals surface area contributed by atoms with Gasteiger partial charge in [-0.25, -0.2) is 0 Å². The predicted molar refractivity (Wildman–Crippen MR) is 162 cm³/mol. The minimum atomic E-state index is -1.11. The SMILES string of the molecule is CC(=O)OCC1OC(OC(c2ccccc2)c2ccc(N=Nc3ccccc3)cc2)C(NC(=O)CN=[N+]=[N-])C(C)C1OC(C)=O. The Kier molecular flexibility index (Phi) is 11.7. The fourth-order valence-electron chi connectivity index (χ4n) is 4.91. The van der Waals surface area contributed by atoms with Crippen LogP contribution in [0, 0.1) is 5.92 Å². The van der Waals surface area contributed by atoms with Crippen LogP contribution in [-0.2, 0) is 33.3 Å². The van der Waals surface area contributed by atoms with Crippen molar-refractivity contribution in [3.8, 4) is 0 Å². The molecule has 1 fully saturated rings. The first-order valence-electron chi connectivity index (χ1n) is 14.3. The molecule has 6 unspecified atom stereocenters. The van der Waals surface area contributed by atoms with Crippen LogP contribution in [0.25, 0.3) is 10.4 Å². The largest absolute Gasteiger partial charge is 0.463 e. The monoisotopic (exact) mass is 614 g/mol. The van der Waals surface area contributed by atoms with Gasteiger partial charge >= 0.3 is 11.9 Å². The molecule has 3 aromatic carbocycles. The van der Waals surface area contributed by atoms with Crippen molar-refractivity contribution in [3.63, 3.8) is 0 Å². The number of azide groups is 1. The summed E-state index contributed by atoms with van der Waals surface area (Å²) in [7, 11) is 0. The van der Waals surface area contributed by atoms with Crippen LogP contribution < -0.4 is 5.32 Å². The van der Waals surface area contributed by atoms with E-state index in [0.29, 0.717) is 5.69 Å². The molecule has 13 heteroatoms. The van der Waals surface area contributed by atoms with Crippen LogP contribution in [0.1, 0.15) is 38.0 Å². The molecule has 0 aliphatic carbocycles. The minimum Gasteiger partial charge on any atom is -0.463 e. The van der Waals surface area contributed by atoms with Gasteiger partial charge in [-0.1, -0.05) is 72.7 Å². The Balaban J connectivity index is 1.67. The van der Waals surface area contributed by atoms with Gasteiger partial charge in [0.15, 0.2) is 6.29 Å². The zero-order valence-corrected chi connectivity index (χ0v) is 25.1. The van der Waals surface area contributed by atoms with E-state index in [2.05, 4.69) is 25.6 Å². The highest BCUT2D eigenvalue weighted by Gasteiger charge is 2.48. The molecule has 0 saturated carbocycles. The number of carbonyl (C=O) groups excluding carboxylic acids is 3. The minimum absolute atomic E-state index is 0.214. The third-order valence-electron chi connectivity index (χ3n) is 7.02. The first kappa shape index (κ1) is 32.8. The summed E-state index contributed by atoms with van der Waals surface area (Å²) in [4.78, 5) is 39.1. The van der Waals surface area contributed by atoms with Crippen LogP contribution in [-0.4, -0.2) is 55.5 Å². The van der Waals surface area contributed by atoms with Gasteiger partial charge in [-0.05, 0) is 40.9 Å². The molecule has 234 valence electrons. The molecule has 45 heavy (non-hydrogen) atoms. The average Bonchev–Trinajstić information content (AvgIpc) is 3.04. The molecule has 4 rings (SSSR count). The van der Waals surface area contributed by atoms with E-state index in [1.807, 2.05) is 84.9 Å². The molecule has 3 aromatic rings. The number of nitrogens with zero attached hydrogens (tertiary/aromatic N) is 5. The third kappa shape index (κ3) is 9.44. The van der Waals surface area contributed by atoms with Crippen LogP contribution in [0.2, 0.25) is 0 Å². The molecule has 1 N–H and O–H groups in total. The topological polar surface area (TPSA) is 174 Å². The van der Waals surface area contributed by atoms with Gasteiger partial charge in [-0.2, -0.15) is 10.2 Å². The molecule has 1 aliphatic heterocycles. The van der Waals surface area contributed by atoms with Crippen molar-refractivity contribution in [1.29, 1.82) is 0 Å². The van der Waals surface area contributed by atoms with E-state index in [0.717, 1.165) is 16.8 Å². The Morgan fingerprint density at radius 2 is 1.49 bits per heavy atom. The second kappa shape index (κ2) is 16.1. The second-order valence-corrected chi connectivity index (χ2v) is 10.3. The highest BCUT2D eigenvalue weighted by molar-refractivity contribution is 5.78. The van der Waals surface area contributed by atoms with E-state index in [-0.39, 0.29) is 6.61 Å². The first-order valence-corrected chi connectivity index (χ1v) is 14.3. The highest BCUT2D eigenvalue weighted by atomic mass is 16.7. The average molecular weight is 615 g/mol. The summed E-state index contributed by atoms with van der Waals surface area (Å²) >= 11 is 0. The Hall–Kier alpha value is -5.10. The molecule has 13 nitrogen and oxygen atoms in total. The van der Waals surface area contributed by atoms with Crippen LogP contribution >= 0.6 is 0 Å². The van der Waals surface area contributed by atoms with Gasteiger partial charge < -0.3 is 24.3 Å². The third-order valence-corrected chi connectivity index (χ3v) is 7.02. The van der Waals surface area contributed by atoms with Crippen molar-refractivity contribution < 1.29 is 33.3 Å². The number of rotatable bonds is 12. The maximum Gasteiger partial charge on any atom is 0.303 e. The van der Waals surface area contributed by atoms with E-state index < -0.39 is 61.0 Å². The van der Waals surface area contributed by atoms with Gasteiger partial charge in [-0.3, -0.25) is 14.4 Å². The molecule has 0 spiro atoms. The lowest BCUT2D eigenvalue weighted by atomic mass is 9.88. The van der Waals surface area contributed by atoms with Crippen molar-refractivity contribution in [2.75, 3.05) is 13.2 Å². The fourth-order valence-corrected chi connectivity index (χ4v) is 4.91. The van der Waals surface area contributed by atoms with Gasteiger partial charge in [0.05, 0.1) is 17.4 Å². The van der Waals surface area contributed by atoms with Crippen molar-refractivity contribution in [3.05, 3.63) is 106 Å². The number of benzene rings is 3. The van der Waals surface area contributed by atoms with Crippen molar-refractivity contribution in [1.82, 2.24) is 5.32 Å². The van der Waals surface area contributed by atoms with Crippen LogP contribution in [0.5, 0.6) is 0 Å². The summed E-state index contributed by atoms with van der Waals surface area (Å²) in [5.41, 5.74) is 11.6. The van der Waals surface area contributed by atoms with Gasteiger partial charge in [-0.15, -0.1) is 0 Å². The lowest BCUT2D eigenvalue weighted by Gasteiger charge is -2.45. The molecule has 6 atom stereocenters. The molecule has 0 bridgehead atoms. The van der Waals surface area contributed by atoms with Crippen molar-refractivity contribution in [2.45, 2.75) is 51.4 Å². The molecule has 1 heterocycles. The maximum absolute atomic E-state index is 12.7. The smallest absolute Gasteiger partial charge is 0.303 e. The molecule has 1 saturated heterocycles. The number of amides is 1. The molecule has 0 radical (unpaired) electrons. The molecule has 1 amide bonds. The Morgan fingerprint density at radius 1 is 0.889 bits per heavy atom. The number of carbonyl (C=O) groups is 3. The predicted octanol–water partition coefficient (Wildman–Crippen LogP) is 5.86. The summed E-state index contributed by atoms with van der Waals surface area (Å²) < 4.78 is 23.7. The number of nitrogens with one attached hydrogen (secondary N) is 1. The zero-order chi connectivity index (χ0) is 32.2. The fraction of sp³-hybridized carbons (Fsp3) is 0.344. The zero-order valence-electron chi connectivity index (χ0n) is 25.1. The van der Waals surface area contributed by atoms with Gasteiger partial charge in [0.2, 0.25) is 5.91 Å². The molecule has 1 aliphatic rings. The van der Waals surface area contributed by atoms with Gasteiger partial charge in [0, 0.05) is 24.7 Å². The highest BCUT2D eigenvalue weighted by Crippen LogP contribution is 2.35. The van der Waals surface area contributed by atoms with Crippen LogP contribution in [0.15, 0.2) is 100 Å². The summed E-state index contributed by atoms with van der Waals surface area (Å²) in [5, 5.41) is 14.7. The summed E-state index contributed by atoms with van der Waals surface area (Å²) in [6.45, 7) is 3.60. The van der Waals surface area contributed by atoms with Crippen LogP contribution in [0.4, 0.5) is 11.4 Å². The molecule has 0 aromatic heterocycles. The Bertz CT molecular complexity index is 1510. The number of esters is 2. The van der Waals surface area contributed by atoms with Gasteiger partial charge in [0.1, 0.15) is 31.5 Å². The molecular formula is C32H34N6O7. The van der Waals surface area contributed by atoms with Crippen molar-refractivity contribution >= 4 is 29.2 Å². The number of ether oxygens (including phenoxy) is 4. The van der Waals surface area contributed by atoms with E-state index >= 15 is 0 Å². The quantitative estimate of drug-likeness (QED) is 0.115. The number of azo groups is 1. The van der Waals surface area contributed by atoms with E-state index in [1.54, 1.807) is 6.92 Å². The Labute approximate surface area is 260 Å². The van der Waals surface area contributed by atoms with Gasteiger partial charge in [0.25, 0.3) is 0 Å². The number of hydrogen-bond acceptors (Lipinski definition) is 10. The summed E-state index contributed by atoms with van der Waals surface area (Å²) in [6.07, 6.45) is -3.58.